The molecule has 1 aromatic carbocycles. The van der Waals surface area contributed by atoms with Crippen molar-refractivity contribution in [3.05, 3.63) is 39.9 Å². The highest BCUT2D eigenvalue weighted by molar-refractivity contribution is 7.13. The van der Waals surface area contributed by atoms with Crippen LogP contribution in [0.4, 0.5) is 0 Å². The molecule has 1 atom stereocenters. The lowest BCUT2D eigenvalue weighted by Crippen LogP contribution is -2.52. The van der Waals surface area contributed by atoms with Gasteiger partial charge < -0.3 is 20.6 Å². The first kappa shape index (κ1) is 24.6. The van der Waals surface area contributed by atoms with E-state index in [4.69, 9.17) is 17.3 Å². The van der Waals surface area contributed by atoms with Gasteiger partial charge in [0.2, 0.25) is 17.7 Å². The summed E-state index contributed by atoms with van der Waals surface area (Å²) in [7, 11) is 0. The van der Waals surface area contributed by atoms with Crippen LogP contribution in [0.3, 0.4) is 0 Å². The van der Waals surface area contributed by atoms with E-state index in [0.717, 1.165) is 12.8 Å². The van der Waals surface area contributed by atoms with Crippen molar-refractivity contribution in [3.63, 3.8) is 0 Å². The molecule has 0 bridgehead atoms. The number of rotatable bonds is 7. The van der Waals surface area contributed by atoms with Crippen LogP contribution in [0, 0.1) is 0 Å². The Balaban J connectivity index is 1.31. The summed E-state index contributed by atoms with van der Waals surface area (Å²) in [5, 5.41) is 12.3. The molecule has 9 nitrogen and oxygen atoms in total. The maximum atomic E-state index is 12.8. The third kappa shape index (κ3) is 5.57. The number of primary amides is 1. The van der Waals surface area contributed by atoms with Crippen LogP contribution in [0.2, 0.25) is 5.02 Å². The first-order valence-corrected chi connectivity index (χ1v) is 12.6. The Morgan fingerprint density at radius 2 is 1.91 bits per heavy atom. The van der Waals surface area contributed by atoms with Crippen molar-refractivity contribution in [2.24, 2.45) is 5.73 Å². The Morgan fingerprint density at radius 1 is 1.15 bits per heavy atom. The summed E-state index contributed by atoms with van der Waals surface area (Å²) in [6.07, 6.45) is 1.94. The maximum Gasteiger partial charge on any atom is 0.249 e. The van der Waals surface area contributed by atoms with Crippen LogP contribution in [-0.4, -0.2) is 94.4 Å². The molecule has 0 aliphatic carbocycles. The van der Waals surface area contributed by atoms with Gasteiger partial charge in [0.1, 0.15) is 5.01 Å². The number of aliphatic hydroxyl groups excluding tert-OH is 1. The minimum atomic E-state index is -0.563. The van der Waals surface area contributed by atoms with E-state index >= 15 is 0 Å². The molecule has 2 aliphatic heterocycles. The number of benzene rings is 1. The second-order valence-corrected chi connectivity index (χ2v) is 9.89. The summed E-state index contributed by atoms with van der Waals surface area (Å²) in [5.74, 6) is -0.543. The lowest BCUT2D eigenvalue weighted by atomic mass is 10.1. The van der Waals surface area contributed by atoms with Crippen LogP contribution < -0.4 is 5.73 Å². The number of halogens is 1. The van der Waals surface area contributed by atoms with Crippen LogP contribution in [0.25, 0.3) is 10.6 Å². The highest BCUT2D eigenvalue weighted by Gasteiger charge is 2.30. The normalized spacial score (nSPS) is 18.9. The molecule has 3 amide bonds. The summed E-state index contributed by atoms with van der Waals surface area (Å²) in [4.78, 5) is 47.4. The highest BCUT2D eigenvalue weighted by atomic mass is 35.5. The van der Waals surface area contributed by atoms with Crippen molar-refractivity contribution in [1.82, 2.24) is 19.7 Å². The summed E-state index contributed by atoms with van der Waals surface area (Å²) in [6, 6.07) is 4.76. The van der Waals surface area contributed by atoms with Crippen LogP contribution in [-0.2, 0) is 16.0 Å². The molecule has 2 fully saturated rings. The number of carbonyl (C=O) groups is 3. The minimum Gasteiger partial charge on any atom is -0.394 e. The SMILES string of the molecule is NC(=O)c1ccc(Cl)cc1-c1nc(CC(=O)N2CCN(CC(=O)N3CCCC3CO)CC2)cs1. The average molecular weight is 506 g/mol. The fraction of sp³-hybridized carbons (Fsp3) is 0.478. The molecule has 182 valence electrons. The number of piperazine rings is 1. The van der Waals surface area contributed by atoms with Crippen molar-refractivity contribution in [1.29, 1.82) is 0 Å². The fourth-order valence-electron chi connectivity index (χ4n) is 4.48. The number of aromatic nitrogens is 1. The molecule has 3 N–H and O–H groups in total. The first-order chi connectivity index (χ1) is 16.4. The van der Waals surface area contributed by atoms with E-state index in [2.05, 4.69) is 9.88 Å². The van der Waals surface area contributed by atoms with Gasteiger partial charge in [-0.2, -0.15) is 0 Å². The summed E-state index contributed by atoms with van der Waals surface area (Å²) in [6.45, 7) is 3.38. The van der Waals surface area contributed by atoms with E-state index in [1.165, 1.54) is 11.3 Å². The van der Waals surface area contributed by atoms with E-state index in [-0.39, 0.29) is 30.9 Å². The van der Waals surface area contributed by atoms with Gasteiger partial charge in [-0.25, -0.2) is 4.98 Å². The van der Waals surface area contributed by atoms with Crippen LogP contribution in [0.5, 0.6) is 0 Å². The molecule has 34 heavy (non-hydrogen) atoms. The van der Waals surface area contributed by atoms with Crippen LogP contribution in [0.15, 0.2) is 23.6 Å². The van der Waals surface area contributed by atoms with Gasteiger partial charge in [0, 0.05) is 54.3 Å². The fourth-order valence-corrected chi connectivity index (χ4v) is 5.50. The molecule has 0 radical (unpaired) electrons. The lowest BCUT2D eigenvalue weighted by Gasteiger charge is -2.35. The van der Waals surface area contributed by atoms with E-state index in [1.54, 1.807) is 33.4 Å². The number of aliphatic hydroxyl groups is 1. The average Bonchev–Trinajstić information content (AvgIpc) is 3.49. The Morgan fingerprint density at radius 3 is 2.62 bits per heavy atom. The van der Waals surface area contributed by atoms with E-state index in [9.17, 15) is 19.5 Å². The molecule has 2 aromatic rings. The second-order valence-electron chi connectivity index (χ2n) is 8.60. The molecule has 4 rings (SSSR count). The van der Waals surface area contributed by atoms with E-state index < -0.39 is 5.91 Å². The highest BCUT2D eigenvalue weighted by Crippen LogP contribution is 2.30. The number of nitrogens with zero attached hydrogens (tertiary/aromatic N) is 4. The maximum absolute atomic E-state index is 12.8. The van der Waals surface area contributed by atoms with Gasteiger partial charge in [-0.1, -0.05) is 11.6 Å². The summed E-state index contributed by atoms with van der Waals surface area (Å²) in [5.41, 5.74) is 6.99. The standard InChI is InChI=1S/C23H28ClN5O4S/c24-15-3-4-18(22(25)33)19(10-15)23-26-16(14-34-23)11-20(31)28-8-6-27(7-9-28)12-21(32)29-5-1-2-17(29)13-30/h3-4,10,14,17,30H,1-2,5-9,11-13H2,(H2,25,33). The smallest absolute Gasteiger partial charge is 0.249 e. The van der Waals surface area contributed by atoms with E-state index in [1.807, 2.05) is 0 Å². The second kappa shape index (κ2) is 10.8. The molecule has 3 heterocycles. The zero-order chi connectivity index (χ0) is 24.2. The van der Waals surface area contributed by atoms with Gasteiger partial charge in [-0.3, -0.25) is 19.3 Å². The van der Waals surface area contributed by atoms with Crippen molar-refractivity contribution in [3.8, 4) is 10.6 Å². The Kier molecular flexibility index (Phi) is 7.82. The number of likely N-dealkylation sites (tertiary alicyclic amines) is 1. The number of amides is 3. The van der Waals surface area contributed by atoms with Gasteiger partial charge in [0.15, 0.2) is 0 Å². The Bertz CT molecular complexity index is 1070. The Hall–Kier alpha value is -2.53. The van der Waals surface area contributed by atoms with Crippen LogP contribution in [0.1, 0.15) is 28.9 Å². The van der Waals surface area contributed by atoms with Crippen molar-refractivity contribution in [2.45, 2.75) is 25.3 Å². The monoisotopic (exact) mass is 505 g/mol. The number of thiazole rings is 1. The molecule has 1 aromatic heterocycles. The third-order valence-electron chi connectivity index (χ3n) is 6.35. The molecule has 0 saturated carbocycles. The first-order valence-electron chi connectivity index (χ1n) is 11.3. The molecular weight excluding hydrogens is 478 g/mol. The van der Waals surface area contributed by atoms with Crippen molar-refractivity contribution >= 4 is 40.7 Å². The molecule has 2 saturated heterocycles. The van der Waals surface area contributed by atoms with Gasteiger partial charge in [0.25, 0.3) is 0 Å². The summed E-state index contributed by atoms with van der Waals surface area (Å²) >= 11 is 7.42. The van der Waals surface area contributed by atoms with Gasteiger partial charge in [-0.15, -0.1) is 11.3 Å². The topological polar surface area (TPSA) is 120 Å². The van der Waals surface area contributed by atoms with Crippen molar-refractivity contribution in [2.75, 3.05) is 45.9 Å². The van der Waals surface area contributed by atoms with Crippen molar-refractivity contribution < 1.29 is 19.5 Å². The predicted octanol–water partition coefficient (Wildman–Crippen LogP) is 1.23. The van der Waals surface area contributed by atoms with E-state index in [0.29, 0.717) is 66.1 Å². The van der Waals surface area contributed by atoms with Gasteiger partial charge >= 0.3 is 0 Å². The lowest BCUT2D eigenvalue weighted by molar-refractivity contribution is -0.135. The number of carbonyl (C=O) groups excluding carboxylic acids is 3. The predicted molar refractivity (Wildman–Crippen MR) is 130 cm³/mol. The molecule has 11 heteroatoms. The molecule has 1 unspecified atom stereocenters. The molecule has 2 aliphatic rings. The number of hydrogen-bond donors (Lipinski definition) is 2. The van der Waals surface area contributed by atoms with Gasteiger partial charge in [0.05, 0.1) is 31.3 Å². The summed E-state index contributed by atoms with van der Waals surface area (Å²) < 4.78 is 0. The zero-order valence-electron chi connectivity index (χ0n) is 18.8. The molecular formula is C23H28ClN5O4S. The zero-order valence-corrected chi connectivity index (χ0v) is 20.4. The quantitative estimate of drug-likeness (QED) is 0.584. The number of nitrogens with two attached hydrogens (primary N) is 1. The van der Waals surface area contributed by atoms with Gasteiger partial charge in [-0.05, 0) is 31.0 Å². The third-order valence-corrected chi connectivity index (χ3v) is 7.51. The Labute approximate surface area is 207 Å². The minimum absolute atomic E-state index is 0.00745. The largest absolute Gasteiger partial charge is 0.394 e. The molecule has 0 spiro atoms. The van der Waals surface area contributed by atoms with Crippen LogP contribution >= 0.6 is 22.9 Å². The number of hydrogen-bond acceptors (Lipinski definition) is 7.